The molecule has 1 unspecified atom stereocenters. The van der Waals surface area contributed by atoms with Crippen LogP contribution >= 0.6 is 9.03 Å². The van der Waals surface area contributed by atoms with Gasteiger partial charge in [0.15, 0.2) is 9.03 Å². The molecule has 0 radical (unpaired) electrons. The summed E-state index contributed by atoms with van der Waals surface area (Å²) in [5.41, 5.74) is 0. The lowest BCUT2D eigenvalue weighted by molar-refractivity contribution is 0.313. The molecule has 3 heteroatoms. The number of unbranched alkanes of at least 4 members (excludes halogenated alkanes) is 8. The maximum absolute atomic E-state index is 8.44. The third-order valence-electron chi connectivity index (χ3n) is 2.83. The average molecular weight is 260 g/mol. The molecule has 0 rings (SSSR count). The van der Waals surface area contributed by atoms with E-state index in [4.69, 9.17) is 9.42 Å². The van der Waals surface area contributed by atoms with Crippen molar-refractivity contribution in [1.29, 1.82) is 0 Å². The smallest absolute Gasteiger partial charge is 0.152 e. The van der Waals surface area contributed by atoms with Gasteiger partial charge in [0.05, 0.1) is 6.61 Å². The van der Waals surface area contributed by atoms with Crippen LogP contribution in [-0.4, -0.2) is 11.5 Å². The SMILES string of the molecule is CC/C=C\CCCCCCCCCCOPO. The largest absolute Gasteiger partial charge is 0.352 e. The topological polar surface area (TPSA) is 29.5 Å². The van der Waals surface area contributed by atoms with Gasteiger partial charge in [0, 0.05) is 0 Å². The zero-order valence-corrected chi connectivity index (χ0v) is 12.3. The van der Waals surface area contributed by atoms with Crippen molar-refractivity contribution in [3.05, 3.63) is 12.2 Å². The third-order valence-corrected chi connectivity index (χ3v) is 3.17. The minimum absolute atomic E-state index is 0.336. The lowest BCUT2D eigenvalue weighted by Gasteiger charge is -2.01. The summed E-state index contributed by atoms with van der Waals surface area (Å²) >= 11 is 0. The summed E-state index contributed by atoms with van der Waals surface area (Å²) in [6.45, 7) is 2.90. The Labute approximate surface area is 109 Å². The first-order valence-electron chi connectivity index (χ1n) is 7.07. The molecule has 0 fully saturated rings. The molecular weight excluding hydrogens is 231 g/mol. The summed E-state index contributed by atoms with van der Waals surface area (Å²) in [6, 6.07) is 0. The van der Waals surface area contributed by atoms with E-state index in [0.717, 1.165) is 13.0 Å². The van der Waals surface area contributed by atoms with E-state index in [0.29, 0.717) is 0 Å². The molecule has 0 aromatic rings. The Kier molecular flexibility index (Phi) is 16.2. The normalized spacial score (nSPS) is 12.1. The highest BCUT2D eigenvalue weighted by molar-refractivity contribution is 7.24. The van der Waals surface area contributed by atoms with Gasteiger partial charge in [0.1, 0.15) is 0 Å². The van der Waals surface area contributed by atoms with Gasteiger partial charge in [0.25, 0.3) is 0 Å². The highest BCUT2D eigenvalue weighted by Crippen LogP contribution is 2.11. The zero-order chi connectivity index (χ0) is 12.6. The maximum atomic E-state index is 8.44. The van der Waals surface area contributed by atoms with Gasteiger partial charge < -0.3 is 9.42 Å². The summed E-state index contributed by atoms with van der Waals surface area (Å²) in [6.07, 6.45) is 17.5. The molecule has 0 aromatic carbocycles. The van der Waals surface area contributed by atoms with Crippen LogP contribution in [0, 0.1) is 0 Å². The third kappa shape index (κ3) is 16.1. The van der Waals surface area contributed by atoms with Crippen LogP contribution in [0.4, 0.5) is 0 Å². The number of rotatable bonds is 13. The molecule has 0 aliphatic heterocycles. The molecule has 0 amide bonds. The van der Waals surface area contributed by atoms with E-state index in [1.807, 2.05) is 0 Å². The van der Waals surface area contributed by atoms with Crippen molar-refractivity contribution in [2.75, 3.05) is 6.61 Å². The predicted octanol–water partition coefficient (Wildman–Crippen LogP) is 4.98. The van der Waals surface area contributed by atoms with E-state index in [-0.39, 0.29) is 9.03 Å². The molecule has 0 saturated heterocycles. The molecule has 2 nitrogen and oxygen atoms in total. The maximum Gasteiger partial charge on any atom is 0.152 e. The molecule has 0 heterocycles. The molecule has 1 N–H and O–H groups in total. The van der Waals surface area contributed by atoms with Crippen LogP contribution in [0.25, 0.3) is 0 Å². The van der Waals surface area contributed by atoms with Gasteiger partial charge in [-0.25, -0.2) is 0 Å². The van der Waals surface area contributed by atoms with E-state index < -0.39 is 0 Å². The predicted molar refractivity (Wildman–Crippen MR) is 77.5 cm³/mol. The van der Waals surface area contributed by atoms with Crippen LogP contribution in [0.2, 0.25) is 0 Å². The molecule has 1 atom stereocenters. The molecule has 0 aliphatic carbocycles. The summed E-state index contributed by atoms with van der Waals surface area (Å²) in [5.74, 6) is 0. The molecule has 0 aliphatic rings. The van der Waals surface area contributed by atoms with Gasteiger partial charge in [0.2, 0.25) is 0 Å². The molecule has 0 aromatic heterocycles. The Morgan fingerprint density at radius 3 is 2.06 bits per heavy atom. The number of hydrogen-bond donors (Lipinski definition) is 1. The Bertz CT molecular complexity index is 160. The van der Waals surface area contributed by atoms with Crippen LogP contribution in [0.5, 0.6) is 0 Å². The fourth-order valence-corrected chi connectivity index (χ4v) is 2.06. The first-order valence-corrected chi connectivity index (χ1v) is 7.93. The van der Waals surface area contributed by atoms with E-state index in [1.54, 1.807) is 0 Å². The van der Waals surface area contributed by atoms with Crippen molar-refractivity contribution in [2.24, 2.45) is 0 Å². The summed E-state index contributed by atoms with van der Waals surface area (Å²) in [4.78, 5) is 8.44. The highest BCUT2D eigenvalue weighted by Gasteiger charge is 1.92. The van der Waals surface area contributed by atoms with Crippen molar-refractivity contribution >= 4 is 9.03 Å². The van der Waals surface area contributed by atoms with Crippen molar-refractivity contribution < 1.29 is 9.42 Å². The summed E-state index contributed by atoms with van der Waals surface area (Å²) in [7, 11) is -0.336. The van der Waals surface area contributed by atoms with Crippen LogP contribution in [0.1, 0.15) is 71.1 Å². The second-order valence-corrected chi connectivity index (χ2v) is 4.91. The first kappa shape index (κ1) is 17.1. The van der Waals surface area contributed by atoms with E-state index in [1.165, 1.54) is 57.8 Å². The molecular formula is C14H29O2P. The van der Waals surface area contributed by atoms with Crippen LogP contribution < -0.4 is 0 Å². The van der Waals surface area contributed by atoms with Gasteiger partial charge >= 0.3 is 0 Å². The van der Waals surface area contributed by atoms with Crippen molar-refractivity contribution in [1.82, 2.24) is 0 Å². The molecule has 0 spiro atoms. The van der Waals surface area contributed by atoms with Gasteiger partial charge in [-0.2, -0.15) is 0 Å². The summed E-state index contributed by atoms with van der Waals surface area (Å²) < 4.78 is 4.90. The van der Waals surface area contributed by atoms with E-state index in [2.05, 4.69) is 19.1 Å². The van der Waals surface area contributed by atoms with E-state index >= 15 is 0 Å². The van der Waals surface area contributed by atoms with Crippen LogP contribution in [0.15, 0.2) is 12.2 Å². The van der Waals surface area contributed by atoms with Crippen molar-refractivity contribution in [2.45, 2.75) is 71.1 Å². The van der Waals surface area contributed by atoms with E-state index in [9.17, 15) is 0 Å². The fourth-order valence-electron chi connectivity index (χ4n) is 1.83. The van der Waals surface area contributed by atoms with Gasteiger partial charge in [-0.1, -0.05) is 57.6 Å². The first-order chi connectivity index (χ1) is 8.41. The van der Waals surface area contributed by atoms with Gasteiger partial charge in [-0.15, -0.1) is 0 Å². The minimum atomic E-state index is -0.336. The number of allylic oxidation sites excluding steroid dienone is 2. The van der Waals surface area contributed by atoms with Crippen LogP contribution in [0.3, 0.4) is 0 Å². The lowest BCUT2D eigenvalue weighted by Crippen LogP contribution is -1.86. The van der Waals surface area contributed by atoms with Gasteiger partial charge in [-0.05, 0) is 25.7 Å². The van der Waals surface area contributed by atoms with Crippen LogP contribution in [-0.2, 0) is 4.52 Å². The monoisotopic (exact) mass is 260 g/mol. The molecule has 0 bridgehead atoms. The molecule has 0 saturated carbocycles. The molecule has 102 valence electrons. The molecule has 17 heavy (non-hydrogen) atoms. The van der Waals surface area contributed by atoms with Gasteiger partial charge in [-0.3, -0.25) is 0 Å². The average Bonchev–Trinajstić information content (AvgIpc) is 2.35. The minimum Gasteiger partial charge on any atom is -0.352 e. The summed E-state index contributed by atoms with van der Waals surface area (Å²) in [5, 5.41) is 0. The Morgan fingerprint density at radius 2 is 1.47 bits per heavy atom. The number of hydrogen-bond acceptors (Lipinski definition) is 2. The fraction of sp³-hybridized carbons (Fsp3) is 0.857. The Morgan fingerprint density at radius 1 is 0.882 bits per heavy atom. The second kappa shape index (κ2) is 16.1. The standard InChI is InChI=1S/C14H29O2P/c1-2-3-4-5-6-7-8-9-10-11-12-13-14-16-17-15/h3-4,15,17H,2,5-14H2,1H3/b4-3-. The highest BCUT2D eigenvalue weighted by atomic mass is 31.1. The Balaban J connectivity index is 2.91. The lowest BCUT2D eigenvalue weighted by atomic mass is 10.1. The van der Waals surface area contributed by atoms with Crippen molar-refractivity contribution in [3.63, 3.8) is 0 Å². The quantitative estimate of drug-likeness (QED) is 0.287. The van der Waals surface area contributed by atoms with Crippen molar-refractivity contribution in [3.8, 4) is 0 Å². The second-order valence-electron chi connectivity index (χ2n) is 4.44. The zero-order valence-electron chi connectivity index (χ0n) is 11.3. The Hall–Kier alpha value is 0.0900.